The maximum absolute atomic E-state index is 13.5. The van der Waals surface area contributed by atoms with Gasteiger partial charge in [-0.3, -0.25) is 14.5 Å². The van der Waals surface area contributed by atoms with Crippen molar-refractivity contribution in [1.29, 1.82) is 0 Å². The van der Waals surface area contributed by atoms with Crippen LogP contribution in [0.25, 0.3) is 6.08 Å². The standard InChI is InChI=1S/C27H29N3O4S/c1-17-7-10-21(11-8-17)30-26(32)22(13-20-9-12-23-24(14-20)34-16-33-23)28-27(30)35-15-25(31)29-18(2)5-4-6-19(29)3/h7-14,18-19H,4-6,15-16H2,1-3H3. The van der Waals surface area contributed by atoms with Crippen LogP contribution in [-0.2, 0) is 9.59 Å². The highest BCUT2D eigenvalue weighted by atomic mass is 32.2. The number of amides is 2. The van der Waals surface area contributed by atoms with Crippen molar-refractivity contribution in [3.05, 3.63) is 59.3 Å². The molecule has 7 nitrogen and oxygen atoms in total. The van der Waals surface area contributed by atoms with Gasteiger partial charge in [0.1, 0.15) is 5.70 Å². The van der Waals surface area contributed by atoms with E-state index in [1.54, 1.807) is 11.0 Å². The molecule has 2 unspecified atom stereocenters. The van der Waals surface area contributed by atoms with Gasteiger partial charge in [0.25, 0.3) is 5.91 Å². The topological polar surface area (TPSA) is 71.4 Å². The van der Waals surface area contributed by atoms with Crippen molar-refractivity contribution in [3.8, 4) is 11.5 Å². The predicted octanol–water partition coefficient (Wildman–Crippen LogP) is 4.99. The number of amidine groups is 1. The Kier molecular flexibility index (Phi) is 6.56. The van der Waals surface area contributed by atoms with Crippen molar-refractivity contribution in [2.45, 2.75) is 52.1 Å². The lowest BCUT2D eigenvalue weighted by Crippen LogP contribution is -2.48. The molecule has 182 valence electrons. The molecule has 3 aliphatic rings. The Hall–Kier alpha value is -3.26. The zero-order chi connectivity index (χ0) is 24.5. The minimum absolute atomic E-state index is 0.0851. The minimum Gasteiger partial charge on any atom is -0.454 e. The highest BCUT2D eigenvalue weighted by Crippen LogP contribution is 2.35. The Morgan fingerprint density at radius 2 is 1.80 bits per heavy atom. The molecule has 3 aliphatic heterocycles. The average molecular weight is 492 g/mol. The van der Waals surface area contributed by atoms with Crippen LogP contribution in [0.15, 0.2) is 53.2 Å². The molecule has 0 spiro atoms. The second kappa shape index (κ2) is 9.77. The molecule has 1 fully saturated rings. The fraction of sp³-hybridized carbons (Fsp3) is 0.370. The molecule has 2 aromatic carbocycles. The smallest absolute Gasteiger partial charge is 0.283 e. The van der Waals surface area contributed by atoms with Crippen LogP contribution in [0.3, 0.4) is 0 Å². The lowest BCUT2D eigenvalue weighted by atomic mass is 9.98. The van der Waals surface area contributed by atoms with Crippen LogP contribution in [0, 0.1) is 6.92 Å². The lowest BCUT2D eigenvalue weighted by Gasteiger charge is -2.39. The SMILES string of the molecule is Cc1ccc(N2C(=O)C(=Cc3ccc4c(c3)OCO4)N=C2SCC(=O)N2C(C)CCCC2C)cc1. The zero-order valence-corrected chi connectivity index (χ0v) is 21.0. The Bertz CT molecular complexity index is 1200. The largest absolute Gasteiger partial charge is 0.454 e. The molecule has 0 aliphatic carbocycles. The first-order chi connectivity index (χ1) is 16.9. The van der Waals surface area contributed by atoms with Crippen LogP contribution in [0.5, 0.6) is 11.5 Å². The lowest BCUT2D eigenvalue weighted by molar-refractivity contribution is -0.134. The van der Waals surface area contributed by atoms with Gasteiger partial charge in [-0.25, -0.2) is 4.99 Å². The van der Waals surface area contributed by atoms with Gasteiger partial charge in [0.15, 0.2) is 16.7 Å². The molecule has 5 rings (SSSR count). The number of fused-ring (bicyclic) bond motifs is 1. The number of aliphatic imine (C=N–C) groups is 1. The molecule has 0 bridgehead atoms. The van der Waals surface area contributed by atoms with Crippen molar-refractivity contribution in [2.24, 2.45) is 4.99 Å². The zero-order valence-electron chi connectivity index (χ0n) is 20.2. The first kappa shape index (κ1) is 23.5. The van der Waals surface area contributed by atoms with Gasteiger partial charge < -0.3 is 14.4 Å². The number of carbonyl (C=O) groups is 2. The van der Waals surface area contributed by atoms with Gasteiger partial charge in [-0.2, -0.15) is 0 Å². The molecule has 3 heterocycles. The number of aryl methyl sites for hydroxylation is 1. The third kappa shape index (κ3) is 4.80. The predicted molar refractivity (Wildman–Crippen MR) is 139 cm³/mol. The van der Waals surface area contributed by atoms with E-state index in [0.29, 0.717) is 22.4 Å². The number of ether oxygens (including phenoxy) is 2. The molecular weight excluding hydrogens is 462 g/mol. The molecule has 0 saturated carbocycles. The van der Waals surface area contributed by atoms with Crippen LogP contribution >= 0.6 is 11.8 Å². The molecule has 0 radical (unpaired) electrons. The molecule has 2 aromatic rings. The summed E-state index contributed by atoms with van der Waals surface area (Å²) in [5.74, 6) is 1.43. The highest BCUT2D eigenvalue weighted by Gasteiger charge is 2.34. The van der Waals surface area contributed by atoms with Crippen molar-refractivity contribution in [3.63, 3.8) is 0 Å². The molecule has 0 N–H and O–H groups in total. The number of piperidine rings is 1. The second-order valence-corrected chi connectivity index (χ2v) is 10.2. The molecule has 2 atom stereocenters. The Balaban J connectivity index is 1.41. The summed E-state index contributed by atoms with van der Waals surface area (Å²) < 4.78 is 10.8. The van der Waals surface area contributed by atoms with Crippen LogP contribution in [0.2, 0.25) is 0 Å². The molecule has 2 amide bonds. The van der Waals surface area contributed by atoms with E-state index < -0.39 is 0 Å². The van der Waals surface area contributed by atoms with Gasteiger partial charge in [0.2, 0.25) is 12.7 Å². The molecule has 0 aromatic heterocycles. The Morgan fingerprint density at radius 3 is 2.54 bits per heavy atom. The van der Waals surface area contributed by atoms with E-state index in [4.69, 9.17) is 9.47 Å². The molecule has 8 heteroatoms. The Labute approximate surface area is 209 Å². The number of carbonyl (C=O) groups excluding carboxylic acids is 2. The number of hydrogen-bond acceptors (Lipinski definition) is 6. The van der Waals surface area contributed by atoms with E-state index in [9.17, 15) is 9.59 Å². The summed E-state index contributed by atoms with van der Waals surface area (Å²) in [6, 6.07) is 13.7. The number of rotatable bonds is 4. The van der Waals surface area contributed by atoms with Gasteiger partial charge >= 0.3 is 0 Å². The minimum atomic E-state index is -0.221. The fourth-order valence-corrected chi connectivity index (χ4v) is 5.67. The maximum atomic E-state index is 13.5. The number of anilines is 1. The van der Waals surface area contributed by atoms with Crippen molar-refractivity contribution in [1.82, 2.24) is 4.90 Å². The van der Waals surface area contributed by atoms with Crippen LogP contribution in [0.1, 0.15) is 44.2 Å². The number of nitrogens with zero attached hydrogens (tertiary/aromatic N) is 3. The van der Waals surface area contributed by atoms with Crippen LogP contribution in [-0.4, -0.2) is 46.5 Å². The van der Waals surface area contributed by atoms with E-state index in [1.807, 2.05) is 54.3 Å². The fourth-order valence-electron chi connectivity index (χ4n) is 4.79. The van der Waals surface area contributed by atoms with Crippen LogP contribution in [0.4, 0.5) is 5.69 Å². The monoisotopic (exact) mass is 491 g/mol. The second-order valence-electron chi connectivity index (χ2n) is 9.23. The number of likely N-dealkylation sites (tertiary alicyclic amines) is 1. The van der Waals surface area contributed by atoms with Crippen molar-refractivity contribution >= 4 is 40.5 Å². The summed E-state index contributed by atoms with van der Waals surface area (Å²) >= 11 is 1.31. The summed E-state index contributed by atoms with van der Waals surface area (Å²) in [7, 11) is 0. The summed E-state index contributed by atoms with van der Waals surface area (Å²) in [4.78, 5) is 34.9. The number of thioether (sulfide) groups is 1. The van der Waals surface area contributed by atoms with E-state index in [-0.39, 0.29) is 36.4 Å². The molecule has 35 heavy (non-hydrogen) atoms. The number of hydrogen-bond donors (Lipinski definition) is 0. The van der Waals surface area contributed by atoms with Gasteiger partial charge in [-0.15, -0.1) is 0 Å². The third-order valence-corrected chi connectivity index (χ3v) is 7.55. The van der Waals surface area contributed by atoms with Crippen LogP contribution < -0.4 is 14.4 Å². The van der Waals surface area contributed by atoms with Gasteiger partial charge in [0.05, 0.1) is 11.4 Å². The van der Waals surface area contributed by atoms with Gasteiger partial charge in [-0.1, -0.05) is 35.5 Å². The van der Waals surface area contributed by atoms with Crippen molar-refractivity contribution in [2.75, 3.05) is 17.4 Å². The molecular formula is C27H29N3O4S. The quantitative estimate of drug-likeness (QED) is 0.564. The van der Waals surface area contributed by atoms with Gasteiger partial charge in [0, 0.05) is 12.1 Å². The molecule has 1 saturated heterocycles. The normalized spacial score (nSPS) is 22.7. The summed E-state index contributed by atoms with van der Waals surface area (Å²) in [5, 5.41) is 0.511. The maximum Gasteiger partial charge on any atom is 0.283 e. The summed E-state index contributed by atoms with van der Waals surface area (Å²) in [5.41, 5.74) is 2.95. The van der Waals surface area contributed by atoms with Gasteiger partial charge in [-0.05, 0) is 75.9 Å². The number of benzene rings is 2. The third-order valence-electron chi connectivity index (χ3n) is 6.63. The van der Waals surface area contributed by atoms with E-state index >= 15 is 0 Å². The van der Waals surface area contributed by atoms with E-state index in [0.717, 1.165) is 36.1 Å². The van der Waals surface area contributed by atoms with E-state index in [1.165, 1.54) is 11.8 Å². The summed E-state index contributed by atoms with van der Waals surface area (Å²) in [6.45, 7) is 6.42. The average Bonchev–Trinajstić information content (AvgIpc) is 3.42. The van der Waals surface area contributed by atoms with Crippen molar-refractivity contribution < 1.29 is 19.1 Å². The Morgan fingerprint density at radius 1 is 1.09 bits per heavy atom. The first-order valence-corrected chi connectivity index (χ1v) is 12.9. The summed E-state index contributed by atoms with van der Waals surface area (Å²) in [6.07, 6.45) is 4.95. The highest BCUT2D eigenvalue weighted by molar-refractivity contribution is 8.14. The van der Waals surface area contributed by atoms with E-state index in [2.05, 4.69) is 18.8 Å². The first-order valence-electron chi connectivity index (χ1n) is 12.0.